The third-order valence-electron chi connectivity index (χ3n) is 5.50. The summed E-state index contributed by atoms with van der Waals surface area (Å²) in [4.78, 5) is 27.1. The second-order valence-electron chi connectivity index (χ2n) is 7.71. The number of hydrogen-bond donors (Lipinski definition) is 1. The lowest BCUT2D eigenvalue weighted by Gasteiger charge is -2.33. The van der Waals surface area contributed by atoms with Crippen LogP contribution >= 0.6 is 11.8 Å². The number of anilines is 1. The molecule has 0 radical (unpaired) electrons. The van der Waals surface area contributed by atoms with Gasteiger partial charge in [0.2, 0.25) is 15.9 Å². The van der Waals surface area contributed by atoms with E-state index in [4.69, 9.17) is 9.15 Å². The Hall–Kier alpha value is -3.42. The zero-order valence-electron chi connectivity index (χ0n) is 19.7. The Balaban J connectivity index is 1.37. The number of benzene rings is 2. The zero-order chi connectivity index (χ0) is 25.7. The van der Waals surface area contributed by atoms with Gasteiger partial charge in [0.1, 0.15) is 0 Å². The number of carbonyl (C=O) groups is 2. The maximum Gasteiger partial charge on any atom is 0.409 e. The molecule has 36 heavy (non-hydrogen) atoms. The van der Waals surface area contributed by atoms with Crippen LogP contribution in [0.25, 0.3) is 11.5 Å². The molecule has 1 aliphatic rings. The summed E-state index contributed by atoms with van der Waals surface area (Å²) in [6.45, 7) is 2.77. The largest absolute Gasteiger partial charge is 0.450 e. The van der Waals surface area contributed by atoms with Gasteiger partial charge in [0.25, 0.3) is 5.91 Å². The van der Waals surface area contributed by atoms with E-state index in [2.05, 4.69) is 15.5 Å². The highest BCUT2D eigenvalue weighted by Gasteiger charge is 2.30. The average molecular weight is 532 g/mol. The first kappa shape index (κ1) is 25.7. The smallest absolute Gasteiger partial charge is 0.409 e. The molecule has 13 heteroatoms. The molecule has 2 aromatic carbocycles. The lowest BCUT2D eigenvalue weighted by atomic mass is 10.2. The van der Waals surface area contributed by atoms with Crippen molar-refractivity contribution < 1.29 is 27.2 Å². The van der Waals surface area contributed by atoms with Crippen LogP contribution in [-0.2, 0) is 14.8 Å². The molecule has 0 bridgehead atoms. The minimum absolute atomic E-state index is 0.0531. The Bertz CT molecular complexity index is 1320. The number of hydrogen-bond acceptors (Lipinski definition) is 9. The molecular formula is C23H25N5O6S2. The van der Waals surface area contributed by atoms with Gasteiger partial charge in [-0.1, -0.05) is 5.10 Å². The van der Waals surface area contributed by atoms with E-state index in [1.54, 1.807) is 18.7 Å². The molecule has 0 unspecified atom stereocenters. The maximum absolute atomic E-state index is 13.0. The van der Waals surface area contributed by atoms with Gasteiger partial charge in [-0.05, 0) is 61.7 Å². The summed E-state index contributed by atoms with van der Waals surface area (Å²) >= 11 is 1.61. The number of ether oxygens (including phenoxy) is 1. The fourth-order valence-corrected chi connectivity index (χ4v) is 5.38. The van der Waals surface area contributed by atoms with E-state index < -0.39 is 22.0 Å². The standard InChI is InChI=1S/C23H25N5O6S2/c1-3-33-23(30)27-12-14-28(15-13-27)36(31,32)19-10-6-16(7-11-19)20(29)24-22-26-25-21(34-22)17-4-8-18(35-2)9-5-17/h4-11H,3,12-15H2,1-2H3,(H,24,26,29). The van der Waals surface area contributed by atoms with Gasteiger partial charge < -0.3 is 14.1 Å². The van der Waals surface area contributed by atoms with Crippen molar-refractivity contribution in [1.29, 1.82) is 0 Å². The molecule has 1 fully saturated rings. The van der Waals surface area contributed by atoms with Crippen molar-refractivity contribution in [2.24, 2.45) is 0 Å². The van der Waals surface area contributed by atoms with E-state index in [9.17, 15) is 18.0 Å². The van der Waals surface area contributed by atoms with Gasteiger partial charge in [-0.2, -0.15) is 4.31 Å². The molecular weight excluding hydrogens is 506 g/mol. The Labute approximate surface area is 212 Å². The number of nitrogens with zero attached hydrogens (tertiary/aromatic N) is 4. The predicted molar refractivity (Wildman–Crippen MR) is 133 cm³/mol. The highest BCUT2D eigenvalue weighted by molar-refractivity contribution is 7.98. The van der Waals surface area contributed by atoms with E-state index >= 15 is 0 Å². The molecule has 1 aromatic heterocycles. The van der Waals surface area contributed by atoms with Gasteiger partial charge in [0.05, 0.1) is 11.5 Å². The monoisotopic (exact) mass is 531 g/mol. The number of rotatable bonds is 7. The second kappa shape index (κ2) is 11.1. The van der Waals surface area contributed by atoms with Crippen LogP contribution in [0, 0.1) is 0 Å². The second-order valence-corrected chi connectivity index (χ2v) is 10.5. The number of sulfonamides is 1. The molecule has 2 amide bonds. The summed E-state index contributed by atoms with van der Waals surface area (Å²) in [5.74, 6) is -0.252. The van der Waals surface area contributed by atoms with E-state index in [0.29, 0.717) is 0 Å². The molecule has 2 heterocycles. The van der Waals surface area contributed by atoms with Gasteiger partial charge in [-0.25, -0.2) is 13.2 Å². The molecule has 0 aliphatic carbocycles. The minimum Gasteiger partial charge on any atom is -0.450 e. The van der Waals surface area contributed by atoms with Crippen molar-refractivity contribution in [2.75, 3.05) is 44.4 Å². The molecule has 0 saturated carbocycles. The lowest BCUT2D eigenvalue weighted by Crippen LogP contribution is -2.50. The Morgan fingerprint density at radius 1 is 1.03 bits per heavy atom. The molecule has 11 nitrogen and oxygen atoms in total. The van der Waals surface area contributed by atoms with E-state index in [1.807, 2.05) is 30.5 Å². The molecule has 0 spiro atoms. The van der Waals surface area contributed by atoms with Crippen LogP contribution in [-0.4, -0.2) is 78.9 Å². The highest BCUT2D eigenvalue weighted by Crippen LogP contribution is 2.24. The van der Waals surface area contributed by atoms with Gasteiger partial charge in [-0.3, -0.25) is 10.1 Å². The van der Waals surface area contributed by atoms with Crippen LogP contribution < -0.4 is 5.32 Å². The van der Waals surface area contributed by atoms with Crippen molar-refractivity contribution in [2.45, 2.75) is 16.7 Å². The number of nitrogens with one attached hydrogen (secondary N) is 1. The van der Waals surface area contributed by atoms with Crippen molar-refractivity contribution in [1.82, 2.24) is 19.4 Å². The number of aromatic nitrogens is 2. The number of piperazine rings is 1. The summed E-state index contributed by atoms with van der Waals surface area (Å²) in [7, 11) is -3.78. The maximum atomic E-state index is 13.0. The SMILES string of the molecule is CCOC(=O)N1CCN(S(=O)(=O)c2ccc(C(=O)Nc3nnc(-c4ccc(SC)cc4)o3)cc2)CC1. The van der Waals surface area contributed by atoms with Crippen molar-refractivity contribution >= 4 is 39.8 Å². The summed E-state index contributed by atoms with van der Waals surface area (Å²) in [6, 6.07) is 13.0. The van der Waals surface area contributed by atoms with Gasteiger partial charge in [0.15, 0.2) is 0 Å². The van der Waals surface area contributed by atoms with Crippen LogP contribution in [0.2, 0.25) is 0 Å². The van der Waals surface area contributed by atoms with E-state index in [1.165, 1.54) is 33.5 Å². The van der Waals surface area contributed by atoms with Gasteiger partial charge in [-0.15, -0.1) is 16.9 Å². The predicted octanol–water partition coefficient (Wildman–Crippen LogP) is 3.17. The summed E-state index contributed by atoms with van der Waals surface area (Å²) in [6.07, 6.45) is 1.53. The molecule has 3 aromatic rings. The summed E-state index contributed by atoms with van der Waals surface area (Å²) in [5, 5.41) is 10.3. The third-order valence-corrected chi connectivity index (χ3v) is 8.16. The van der Waals surface area contributed by atoms with Crippen LogP contribution in [0.1, 0.15) is 17.3 Å². The Morgan fingerprint density at radius 3 is 2.31 bits per heavy atom. The molecule has 1 N–H and O–H groups in total. The fraction of sp³-hybridized carbons (Fsp3) is 0.304. The molecule has 1 aliphatic heterocycles. The average Bonchev–Trinajstić information content (AvgIpc) is 3.37. The quantitative estimate of drug-likeness (QED) is 0.456. The van der Waals surface area contributed by atoms with Crippen molar-refractivity contribution in [3.63, 3.8) is 0 Å². The molecule has 190 valence electrons. The van der Waals surface area contributed by atoms with Crippen LogP contribution in [0.4, 0.5) is 10.8 Å². The van der Waals surface area contributed by atoms with Crippen molar-refractivity contribution in [3.8, 4) is 11.5 Å². The number of carbonyl (C=O) groups excluding carboxylic acids is 2. The van der Waals surface area contributed by atoms with Gasteiger partial charge in [0, 0.05) is 42.2 Å². The van der Waals surface area contributed by atoms with Crippen molar-refractivity contribution in [3.05, 3.63) is 54.1 Å². The Kier molecular flexibility index (Phi) is 7.91. The summed E-state index contributed by atoms with van der Waals surface area (Å²) in [5.41, 5.74) is 0.948. The number of amides is 2. The minimum atomic E-state index is -3.78. The first-order chi connectivity index (χ1) is 17.3. The molecule has 1 saturated heterocycles. The topological polar surface area (TPSA) is 135 Å². The van der Waals surface area contributed by atoms with Crippen LogP contribution in [0.3, 0.4) is 0 Å². The van der Waals surface area contributed by atoms with Crippen LogP contribution in [0.5, 0.6) is 0 Å². The normalized spacial score (nSPS) is 14.4. The van der Waals surface area contributed by atoms with E-state index in [0.717, 1.165) is 10.5 Å². The lowest BCUT2D eigenvalue weighted by molar-refractivity contribution is 0.0933. The van der Waals surface area contributed by atoms with E-state index in [-0.39, 0.29) is 55.2 Å². The third kappa shape index (κ3) is 5.69. The number of thioether (sulfide) groups is 1. The van der Waals surface area contributed by atoms with Gasteiger partial charge >= 0.3 is 12.1 Å². The first-order valence-corrected chi connectivity index (χ1v) is 13.8. The zero-order valence-corrected chi connectivity index (χ0v) is 21.3. The van der Waals surface area contributed by atoms with Crippen LogP contribution in [0.15, 0.2) is 62.7 Å². The molecule has 4 rings (SSSR count). The Morgan fingerprint density at radius 2 is 1.69 bits per heavy atom. The fourth-order valence-electron chi connectivity index (χ4n) is 3.55. The first-order valence-electron chi connectivity index (χ1n) is 11.1. The highest BCUT2D eigenvalue weighted by atomic mass is 32.2. The summed E-state index contributed by atoms with van der Waals surface area (Å²) < 4.78 is 37.8. The molecule has 0 atom stereocenters.